The number of fused-ring (bicyclic) bond motifs is 2. The number of hydrogen-bond donors (Lipinski definition) is 1. The van der Waals surface area contributed by atoms with E-state index in [1.165, 1.54) is 9.80 Å². The van der Waals surface area contributed by atoms with Gasteiger partial charge in [-0.05, 0) is 79.7 Å². The van der Waals surface area contributed by atoms with Crippen molar-refractivity contribution in [2.75, 3.05) is 11.4 Å². The highest BCUT2D eigenvalue weighted by Gasteiger charge is 2.51. The molecule has 11 heteroatoms. The molecule has 4 heterocycles. The van der Waals surface area contributed by atoms with E-state index >= 15 is 9.59 Å². The van der Waals surface area contributed by atoms with Crippen molar-refractivity contribution in [2.24, 2.45) is 0 Å². The summed E-state index contributed by atoms with van der Waals surface area (Å²) in [5.41, 5.74) is 4.25. The molecule has 8 rings (SSSR count). The SMILES string of the molecule is O=C(O)C1CCCN1C(=O)[C@H]1Cc2ccccc2CN1C(=O)[C@H]1CC[C@@H](c2ccccc2)N1C(=O)[C@H]1Cc2ccccc2N1C(=O)OC1CCCCC1. The molecular formula is C42H46N4O7. The van der Waals surface area contributed by atoms with E-state index in [0.29, 0.717) is 37.9 Å². The van der Waals surface area contributed by atoms with Gasteiger partial charge in [0.1, 0.15) is 30.3 Å². The first-order valence-corrected chi connectivity index (χ1v) is 19.2. The molecule has 276 valence electrons. The third-order valence-corrected chi connectivity index (χ3v) is 12.0. The predicted molar refractivity (Wildman–Crippen MR) is 196 cm³/mol. The molecule has 1 unspecified atom stereocenters. The number of nitrogens with zero attached hydrogens (tertiary/aromatic N) is 4. The van der Waals surface area contributed by atoms with Crippen molar-refractivity contribution in [3.05, 3.63) is 101 Å². The van der Waals surface area contributed by atoms with Crippen LogP contribution in [0.5, 0.6) is 0 Å². The van der Waals surface area contributed by atoms with Gasteiger partial charge in [0.15, 0.2) is 0 Å². The number of aliphatic carboxylic acids is 1. The molecule has 3 aromatic carbocycles. The molecule has 3 fully saturated rings. The van der Waals surface area contributed by atoms with Crippen molar-refractivity contribution in [2.45, 2.75) is 113 Å². The molecule has 3 aromatic rings. The zero-order valence-corrected chi connectivity index (χ0v) is 29.8. The van der Waals surface area contributed by atoms with E-state index < -0.39 is 42.3 Å². The Morgan fingerprint density at radius 3 is 2.00 bits per heavy atom. The summed E-state index contributed by atoms with van der Waals surface area (Å²) < 4.78 is 6.06. The van der Waals surface area contributed by atoms with Gasteiger partial charge in [-0.1, -0.05) is 79.2 Å². The largest absolute Gasteiger partial charge is 0.480 e. The number of para-hydroxylation sites is 1. The number of carbonyl (C=O) groups excluding carboxylic acids is 4. The average Bonchev–Trinajstić information content (AvgIpc) is 3.95. The summed E-state index contributed by atoms with van der Waals surface area (Å²) in [7, 11) is 0. The normalized spacial score (nSPS) is 25.5. The van der Waals surface area contributed by atoms with Crippen molar-refractivity contribution in [3.63, 3.8) is 0 Å². The van der Waals surface area contributed by atoms with Gasteiger partial charge in [0.05, 0.1) is 11.7 Å². The van der Waals surface area contributed by atoms with Gasteiger partial charge in [-0.15, -0.1) is 0 Å². The lowest BCUT2D eigenvalue weighted by molar-refractivity contribution is -0.156. The van der Waals surface area contributed by atoms with Crippen molar-refractivity contribution in [1.82, 2.24) is 14.7 Å². The van der Waals surface area contributed by atoms with Gasteiger partial charge in [-0.2, -0.15) is 0 Å². The van der Waals surface area contributed by atoms with E-state index in [9.17, 15) is 19.5 Å². The fourth-order valence-corrected chi connectivity index (χ4v) is 9.37. The lowest BCUT2D eigenvalue weighted by atomic mass is 9.92. The maximum atomic E-state index is 15.2. The number of hydrogen-bond acceptors (Lipinski definition) is 6. The third-order valence-electron chi connectivity index (χ3n) is 12.0. The molecule has 2 saturated heterocycles. The minimum atomic E-state index is -1.05. The summed E-state index contributed by atoms with van der Waals surface area (Å²) in [5.74, 6) is -2.11. The molecule has 0 bridgehead atoms. The van der Waals surface area contributed by atoms with E-state index in [1.807, 2.05) is 78.9 Å². The highest BCUT2D eigenvalue weighted by Crippen LogP contribution is 2.42. The average molecular weight is 719 g/mol. The second-order valence-corrected chi connectivity index (χ2v) is 15.1. The first-order valence-electron chi connectivity index (χ1n) is 19.2. The minimum Gasteiger partial charge on any atom is -0.480 e. The van der Waals surface area contributed by atoms with E-state index in [0.717, 1.165) is 54.4 Å². The predicted octanol–water partition coefficient (Wildman–Crippen LogP) is 5.65. The molecule has 1 N–H and O–H groups in total. The number of carboxylic acids is 1. The standard InChI is InChI=1S/C42H46N4O7/c47-38(44-26-30-16-8-7-14-28(30)24-36(44)39(48)43-23-11-20-35(43)41(50)51)34-22-21-33(27-12-3-1-4-13-27)45(34)40(49)37-25-29-15-9-10-19-32(29)46(37)42(52)53-31-17-5-2-6-18-31/h1,3-4,7-10,12-16,19,31,33-37H,2,5-6,11,17-18,20-26H2,(H,50,51)/t33-,34+,35?,36+,37+/m0/s1. The molecule has 1 aliphatic carbocycles. The number of carbonyl (C=O) groups is 5. The zero-order chi connectivity index (χ0) is 36.6. The quantitative estimate of drug-likeness (QED) is 0.349. The van der Waals surface area contributed by atoms with Gasteiger partial charge < -0.3 is 24.5 Å². The summed E-state index contributed by atoms with van der Waals surface area (Å²) >= 11 is 0. The lowest BCUT2D eigenvalue weighted by Gasteiger charge is -2.42. The summed E-state index contributed by atoms with van der Waals surface area (Å²) in [6.45, 7) is 0.482. The third kappa shape index (κ3) is 6.55. The van der Waals surface area contributed by atoms with Gasteiger partial charge in [0.2, 0.25) is 17.7 Å². The summed E-state index contributed by atoms with van der Waals surface area (Å²) in [6.07, 6.45) is 6.32. The van der Waals surface area contributed by atoms with E-state index in [1.54, 1.807) is 9.80 Å². The summed E-state index contributed by atoms with van der Waals surface area (Å²) in [5, 5.41) is 9.94. The van der Waals surface area contributed by atoms with Crippen LogP contribution in [0.1, 0.15) is 86.1 Å². The minimum absolute atomic E-state index is 0.167. The highest BCUT2D eigenvalue weighted by molar-refractivity contribution is 6.02. The van der Waals surface area contributed by atoms with Crippen molar-refractivity contribution in [1.29, 1.82) is 0 Å². The number of benzene rings is 3. The molecule has 0 radical (unpaired) electrons. The second kappa shape index (κ2) is 14.7. The first kappa shape index (κ1) is 34.9. The van der Waals surface area contributed by atoms with Crippen LogP contribution in [0.3, 0.4) is 0 Å². The molecule has 1 saturated carbocycles. The Balaban J connectivity index is 1.14. The molecule has 4 aliphatic heterocycles. The van der Waals surface area contributed by atoms with Crippen LogP contribution >= 0.6 is 0 Å². The monoisotopic (exact) mass is 718 g/mol. The maximum Gasteiger partial charge on any atom is 0.415 e. The summed E-state index contributed by atoms with van der Waals surface area (Å²) in [6, 6.07) is 20.8. The highest BCUT2D eigenvalue weighted by atomic mass is 16.6. The zero-order valence-electron chi connectivity index (χ0n) is 29.8. The lowest BCUT2D eigenvalue weighted by Crippen LogP contribution is -2.60. The van der Waals surface area contributed by atoms with Crippen LogP contribution in [-0.2, 0) is 43.3 Å². The number of ether oxygens (including phenoxy) is 1. The van der Waals surface area contributed by atoms with Gasteiger partial charge in [0, 0.05) is 25.9 Å². The van der Waals surface area contributed by atoms with Gasteiger partial charge in [-0.3, -0.25) is 19.3 Å². The number of likely N-dealkylation sites (tertiary alicyclic amines) is 2. The Morgan fingerprint density at radius 1 is 0.585 bits per heavy atom. The van der Waals surface area contributed by atoms with Crippen LogP contribution in [0.25, 0.3) is 0 Å². The molecule has 11 nitrogen and oxygen atoms in total. The Labute approximate surface area is 309 Å². The van der Waals surface area contributed by atoms with Crippen LogP contribution in [0.15, 0.2) is 78.9 Å². The van der Waals surface area contributed by atoms with Crippen molar-refractivity contribution >= 4 is 35.5 Å². The van der Waals surface area contributed by atoms with Crippen LogP contribution in [0.4, 0.5) is 10.5 Å². The number of anilines is 1. The molecule has 5 aliphatic rings. The Kier molecular flexibility index (Phi) is 9.66. The Bertz CT molecular complexity index is 1890. The topological polar surface area (TPSA) is 128 Å². The smallest absolute Gasteiger partial charge is 0.415 e. The molecular weight excluding hydrogens is 672 g/mol. The number of amides is 4. The summed E-state index contributed by atoms with van der Waals surface area (Å²) in [4.78, 5) is 77.0. The Morgan fingerprint density at radius 2 is 1.25 bits per heavy atom. The van der Waals surface area contributed by atoms with Crippen LogP contribution in [-0.4, -0.2) is 86.4 Å². The molecule has 0 spiro atoms. The van der Waals surface area contributed by atoms with Gasteiger partial charge >= 0.3 is 12.1 Å². The van der Waals surface area contributed by atoms with Crippen molar-refractivity contribution < 1.29 is 33.8 Å². The molecule has 0 aromatic heterocycles. The fraction of sp³-hybridized carbons (Fsp3) is 0.452. The van der Waals surface area contributed by atoms with Crippen LogP contribution in [0, 0.1) is 0 Å². The second-order valence-electron chi connectivity index (χ2n) is 15.1. The van der Waals surface area contributed by atoms with Crippen molar-refractivity contribution in [3.8, 4) is 0 Å². The van der Waals surface area contributed by atoms with E-state index in [-0.39, 0.29) is 43.2 Å². The Hall–Kier alpha value is -5.19. The molecule has 4 amide bonds. The van der Waals surface area contributed by atoms with Crippen LogP contribution < -0.4 is 4.90 Å². The molecule has 53 heavy (non-hydrogen) atoms. The van der Waals surface area contributed by atoms with Gasteiger partial charge in [-0.25, -0.2) is 9.59 Å². The maximum absolute atomic E-state index is 15.2. The fourth-order valence-electron chi connectivity index (χ4n) is 9.37. The van der Waals surface area contributed by atoms with E-state index in [2.05, 4.69) is 0 Å². The van der Waals surface area contributed by atoms with Gasteiger partial charge in [0.25, 0.3) is 0 Å². The van der Waals surface area contributed by atoms with E-state index in [4.69, 9.17) is 4.74 Å². The first-order chi connectivity index (χ1) is 25.8. The number of carboxylic acid groups (broad SMARTS) is 1. The van der Waals surface area contributed by atoms with Crippen LogP contribution in [0.2, 0.25) is 0 Å². The number of rotatable bonds is 6. The molecule has 5 atom stereocenters.